The molecule has 0 aromatic carbocycles. The second-order valence-corrected chi connectivity index (χ2v) is 3.95. The summed E-state index contributed by atoms with van der Waals surface area (Å²) in [7, 11) is 1.64. The Kier molecular flexibility index (Phi) is 9.43. The lowest BCUT2D eigenvalue weighted by molar-refractivity contribution is -0.129. The lowest BCUT2D eigenvalue weighted by Crippen LogP contribution is -2.34. The summed E-state index contributed by atoms with van der Waals surface area (Å²) < 4.78 is 4.88. The van der Waals surface area contributed by atoms with E-state index in [1.165, 1.54) is 6.92 Å². The van der Waals surface area contributed by atoms with Gasteiger partial charge in [-0.25, -0.2) is 0 Å². The molecule has 0 aromatic rings. The summed E-state index contributed by atoms with van der Waals surface area (Å²) in [5, 5.41) is 2.80. The molecule has 0 spiro atoms. The predicted molar refractivity (Wildman–Crippen MR) is 66.7 cm³/mol. The van der Waals surface area contributed by atoms with E-state index in [1.54, 1.807) is 12.0 Å². The van der Waals surface area contributed by atoms with Crippen molar-refractivity contribution in [3.63, 3.8) is 0 Å². The molecular formula is C12H24N2O3. The number of carbonyl (C=O) groups excluding carboxylic acids is 2. The lowest BCUT2D eigenvalue weighted by atomic mass is 10.3. The van der Waals surface area contributed by atoms with E-state index in [4.69, 9.17) is 4.74 Å². The fourth-order valence-electron chi connectivity index (χ4n) is 1.47. The van der Waals surface area contributed by atoms with Crippen LogP contribution in [-0.2, 0) is 14.3 Å². The van der Waals surface area contributed by atoms with Crippen LogP contribution in [0.5, 0.6) is 0 Å². The molecule has 0 aliphatic heterocycles. The van der Waals surface area contributed by atoms with Crippen LogP contribution in [0.15, 0.2) is 0 Å². The summed E-state index contributed by atoms with van der Waals surface area (Å²) in [4.78, 5) is 24.4. The molecule has 0 saturated carbocycles. The van der Waals surface area contributed by atoms with Gasteiger partial charge in [0.15, 0.2) is 0 Å². The van der Waals surface area contributed by atoms with Gasteiger partial charge < -0.3 is 15.0 Å². The largest absolute Gasteiger partial charge is 0.385 e. The molecule has 0 saturated heterocycles. The number of carbonyl (C=O) groups is 2. The molecule has 0 aliphatic carbocycles. The molecule has 100 valence electrons. The minimum atomic E-state index is -0.0107. The van der Waals surface area contributed by atoms with Gasteiger partial charge in [0.1, 0.15) is 0 Å². The first kappa shape index (κ1) is 15.9. The maximum atomic E-state index is 11.4. The SMILES string of the molecule is CCCN(CCC(=O)NCCCOC)C(C)=O. The summed E-state index contributed by atoms with van der Waals surface area (Å²) >= 11 is 0. The second-order valence-electron chi connectivity index (χ2n) is 3.95. The Balaban J connectivity index is 3.69. The van der Waals surface area contributed by atoms with Crippen molar-refractivity contribution in [3.05, 3.63) is 0 Å². The average molecular weight is 244 g/mol. The fraction of sp³-hybridized carbons (Fsp3) is 0.833. The third-order valence-electron chi connectivity index (χ3n) is 2.40. The minimum absolute atomic E-state index is 0.0107. The molecule has 0 radical (unpaired) electrons. The first-order valence-corrected chi connectivity index (χ1v) is 6.13. The number of rotatable bonds is 9. The van der Waals surface area contributed by atoms with E-state index in [-0.39, 0.29) is 11.8 Å². The molecule has 0 rings (SSSR count). The summed E-state index contributed by atoms with van der Waals surface area (Å²) in [6.45, 7) is 6.04. The summed E-state index contributed by atoms with van der Waals surface area (Å²) in [6, 6.07) is 0. The quantitative estimate of drug-likeness (QED) is 0.610. The summed E-state index contributed by atoms with van der Waals surface area (Å²) in [5.74, 6) is 0.0162. The Hall–Kier alpha value is -1.10. The number of amides is 2. The van der Waals surface area contributed by atoms with E-state index >= 15 is 0 Å². The van der Waals surface area contributed by atoms with E-state index in [0.717, 1.165) is 12.8 Å². The first-order valence-electron chi connectivity index (χ1n) is 6.13. The first-order chi connectivity index (χ1) is 8.11. The monoisotopic (exact) mass is 244 g/mol. The molecule has 0 aliphatic rings. The van der Waals surface area contributed by atoms with Crippen molar-refractivity contribution < 1.29 is 14.3 Å². The lowest BCUT2D eigenvalue weighted by Gasteiger charge is -2.19. The minimum Gasteiger partial charge on any atom is -0.385 e. The van der Waals surface area contributed by atoms with Crippen molar-refractivity contribution in [1.82, 2.24) is 10.2 Å². The molecule has 0 bridgehead atoms. The van der Waals surface area contributed by atoms with Crippen LogP contribution in [0.3, 0.4) is 0 Å². The Morgan fingerprint density at radius 1 is 1.29 bits per heavy atom. The molecular weight excluding hydrogens is 220 g/mol. The maximum Gasteiger partial charge on any atom is 0.221 e. The van der Waals surface area contributed by atoms with Crippen LogP contribution in [0.25, 0.3) is 0 Å². The van der Waals surface area contributed by atoms with E-state index < -0.39 is 0 Å². The van der Waals surface area contributed by atoms with Crippen LogP contribution in [0.1, 0.15) is 33.1 Å². The highest BCUT2D eigenvalue weighted by molar-refractivity contribution is 5.77. The van der Waals surface area contributed by atoms with Crippen molar-refractivity contribution in [1.29, 1.82) is 0 Å². The Bertz CT molecular complexity index is 232. The van der Waals surface area contributed by atoms with E-state index in [1.807, 2.05) is 6.92 Å². The van der Waals surface area contributed by atoms with E-state index in [2.05, 4.69) is 5.32 Å². The van der Waals surface area contributed by atoms with Crippen LogP contribution < -0.4 is 5.32 Å². The van der Waals surface area contributed by atoms with Gasteiger partial charge >= 0.3 is 0 Å². The fourth-order valence-corrected chi connectivity index (χ4v) is 1.47. The molecule has 0 unspecified atom stereocenters. The van der Waals surface area contributed by atoms with Gasteiger partial charge in [-0.15, -0.1) is 0 Å². The highest BCUT2D eigenvalue weighted by atomic mass is 16.5. The molecule has 0 aromatic heterocycles. The highest BCUT2D eigenvalue weighted by Gasteiger charge is 2.09. The average Bonchev–Trinajstić information content (AvgIpc) is 2.29. The number of nitrogens with zero attached hydrogens (tertiary/aromatic N) is 1. The van der Waals surface area contributed by atoms with Gasteiger partial charge in [-0.05, 0) is 12.8 Å². The Morgan fingerprint density at radius 2 is 2.00 bits per heavy atom. The van der Waals surface area contributed by atoms with E-state index in [9.17, 15) is 9.59 Å². The third-order valence-corrected chi connectivity index (χ3v) is 2.40. The number of hydrogen-bond donors (Lipinski definition) is 1. The van der Waals surface area contributed by atoms with Crippen LogP contribution >= 0.6 is 0 Å². The van der Waals surface area contributed by atoms with E-state index in [0.29, 0.717) is 32.7 Å². The van der Waals surface area contributed by atoms with Gasteiger partial charge in [-0.3, -0.25) is 9.59 Å². The van der Waals surface area contributed by atoms with Crippen molar-refractivity contribution >= 4 is 11.8 Å². The second kappa shape index (κ2) is 10.1. The number of methoxy groups -OCH3 is 1. The zero-order valence-corrected chi connectivity index (χ0v) is 11.1. The predicted octanol–water partition coefficient (Wildman–Crippen LogP) is 0.788. The van der Waals surface area contributed by atoms with Crippen molar-refractivity contribution in [3.8, 4) is 0 Å². The Labute approximate surface area is 103 Å². The third kappa shape index (κ3) is 8.68. The van der Waals surface area contributed by atoms with Crippen LogP contribution in [0, 0.1) is 0 Å². The molecule has 0 heterocycles. The number of ether oxygens (including phenoxy) is 1. The summed E-state index contributed by atoms with van der Waals surface area (Å²) in [5.41, 5.74) is 0. The number of hydrogen-bond acceptors (Lipinski definition) is 3. The summed E-state index contributed by atoms with van der Waals surface area (Å²) in [6.07, 6.45) is 2.09. The van der Waals surface area contributed by atoms with Gasteiger partial charge in [-0.2, -0.15) is 0 Å². The topological polar surface area (TPSA) is 58.6 Å². The molecule has 1 N–H and O–H groups in total. The van der Waals surface area contributed by atoms with Crippen LogP contribution in [0.2, 0.25) is 0 Å². The van der Waals surface area contributed by atoms with Gasteiger partial charge in [0.05, 0.1) is 0 Å². The molecule has 2 amide bonds. The maximum absolute atomic E-state index is 11.4. The van der Waals surface area contributed by atoms with Crippen LogP contribution in [0.4, 0.5) is 0 Å². The smallest absolute Gasteiger partial charge is 0.221 e. The molecule has 17 heavy (non-hydrogen) atoms. The van der Waals surface area contributed by atoms with Gasteiger partial charge in [-0.1, -0.05) is 6.92 Å². The molecule has 0 atom stereocenters. The van der Waals surface area contributed by atoms with Gasteiger partial charge in [0.2, 0.25) is 11.8 Å². The van der Waals surface area contributed by atoms with Crippen molar-refractivity contribution in [2.45, 2.75) is 33.1 Å². The normalized spacial score (nSPS) is 10.1. The standard InChI is InChI=1S/C12H24N2O3/c1-4-8-14(11(2)15)9-6-12(16)13-7-5-10-17-3/h4-10H2,1-3H3,(H,13,16). The van der Waals surface area contributed by atoms with Gasteiger partial charge in [0, 0.05) is 46.7 Å². The molecule has 0 fully saturated rings. The zero-order valence-electron chi connectivity index (χ0n) is 11.1. The Morgan fingerprint density at radius 3 is 2.53 bits per heavy atom. The van der Waals surface area contributed by atoms with Crippen molar-refractivity contribution in [2.75, 3.05) is 33.4 Å². The number of nitrogens with one attached hydrogen (secondary N) is 1. The highest BCUT2D eigenvalue weighted by Crippen LogP contribution is 1.95. The molecule has 5 nitrogen and oxygen atoms in total. The van der Waals surface area contributed by atoms with Gasteiger partial charge in [0.25, 0.3) is 0 Å². The zero-order chi connectivity index (χ0) is 13.1. The van der Waals surface area contributed by atoms with Crippen LogP contribution in [-0.4, -0.2) is 50.1 Å². The van der Waals surface area contributed by atoms with Crippen molar-refractivity contribution in [2.24, 2.45) is 0 Å². The molecule has 5 heteroatoms.